The van der Waals surface area contributed by atoms with Crippen LogP contribution < -0.4 is 26.4 Å². The first-order valence-electron chi connectivity index (χ1n) is 10.9. The Morgan fingerprint density at radius 2 is 1.76 bits per heavy atom. The maximum Gasteiger partial charge on any atom is 0.325 e. The van der Waals surface area contributed by atoms with Crippen LogP contribution in [0.25, 0.3) is 0 Å². The average Bonchev–Trinajstić information content (AvgIpc) is 3.28. The Morgan fingerprint density at radius 3 is 2.30 bits per heavy atom. The number of esters is 1. The number of carbonyl (C=O) groups excluding carboxylic acids is 4. The van der Waals surface area contributed by atoms with E-state index < -0.39 is 42.1 Å². The van der Waals surface area contributed by atoms with E-state index in [1.807, 2.05) is 0 Å². The number of anilines is 2. The number of nitrogens with one attached hydrogen (secondary N) is 1. The van der Waals surface area contributed by atoms with Crippen molar-refractivity contribution in [2.45, 2.75) is 13.0 Å². The SMILES string of the molecule is CCOC(=O)CNC(=O)[C@@H](c1ccc(OC)cc1)N(C(=O)c1snc(C(N)=O)c1N)c1ccc(F)cc1. The highest BCUT2D eigenvalue weighted by atomic mass is 32.1. The van der Waals surface area contributed by atoms with Crippen molar-refractivity contribution < 1.29 is 33.0 Å². The molecule has 13 heteroatoms. The molecule has 3 aromatic rings. The number of halogens is 1. The van der Waals surface area contributed by atoms with Crippen LogP contribution in [-0.2, 0) is 14.3 Å². The van der Waals surface area contributed by atoms with Crippen LogP contribution in [-0.4, -0.2) is 48.3 Å². The number of benzene rings is 2. The largest absolute Gasteiger partial charge is 0.497 e. The van der Waals surface area contributed by atoms with Crippen molar-refractivity contribution in [3.8, 4) is 5.75 Å². The number of methoxy groups -OCH3 is 1. The highest BCUT2D eigenvalue weighted by Gasteiger charge is 2.36. The van der Waals surface area contributed by atoms with Gasteiger partial charge in [-0.3, -0.25) is 24.1 Å². The summed E-state index contributed by atoms with van der Waals surface area (Å²) < 4.78 is 27.7. The fourth-order valence-electron chi connectivity index (χ4n) is 3.40. The minimum atomic E-state index is -1.36. The molecule has 0 aliphatic heterocycles. The fraction of sp³-hybridized carbons (Fsp3) is 0.208. The molecule has 1 aromatic heterocycles. The van der Waals surface area contributed by atoms with Crippen molar-refractivity contribution in [2.24, 2.45) is 5.73 Å². The molecule has 0 spiro atoms. The first kappa shape index (κ1) is 27.1. The summed E-state index contributed by atoms with van der Waals surface area (Å²) in [7, 11) is 1.47. The normalized spacial score (nSPS) is 11.3. The lowest BCUT2D eigenvalue weighted by Gasteiger charge is -2.31. The van der Waals surface area contributed by atoms with Gasteiger partial charge in [0.15, 0.2) is 5.69 Å². The van der Waals surface area contributed by atoms with Crippen molar-refractivity contribution in [3.63, 3.8) is 0 Å². The number of nitrogens with zero attached hydrogens (tertiary/aromatic N) is 2. The van der Waals surface area contributed by atoms with E-state index in [0.717, 1.165) is 17.0 Å². The number of hydrogen-bond acceptors (Lipinski definition) is 9. The van der Waals surface area contributed by atoms with Gasteiger partial charge < -0.3 is 26.3 Å². The standard InChI is InChI=1S/C24H24FN5O6S/c1-3-36-17(31)12-28-23(33)20(13-4-10-16(35-2)11-5-13)30(15-8-6-14(25)7-9-15)24(34)21-18(26)19(22(27)32)29-37-21/h4-11,20H,3,12,26H2,1-2H3,(H2,27,32)(H,28,33)/t20-/m1/s1. The van der Waals surface area contributed by atoms with Gasteiger partial charge in [-0.25, -0.2) is 4.39 Å². The molecule has 1 atom stereocenters. The van der Waals surface area contributed by atoms with E-state index in [1.165, 1.54) is 19.2 Å². The Morgan fingerprint density at radius 1 is 1.11 bits per heavy atom. The zero-order valence-electron chi connectivity index (χ0n) is 19.9. The Hall–Kier alpha value is -4.52. The topological polar surface area (TPSA) is 167 Å². The highest BCUT2D eigenvalue weighted by Crippen LogP contribution is 2.33. The smallest absolute Gasteiger partial charge is 0.325 e. The third kappa shape index (κ3) is 6.19. The molecule has 2 aromatic carbocycles. The summed E-state index contributed by atoms with van der Waals surface area (Å²) >= 11 is 0.627. The van der Waals surface area contributed by atoms with Gasteiger partial charge >= 0.3 is 5.97 Å². The molecule has 0 aliphatic rings. The second kappa shape index (κ2) is 11.9. The van der Waals surface area contributed by atoms with Gasteiger partial charge in [-0.15, -0.1) is 0 Å². The summed E-state index contributed by atoms with van der Waals surface area (Å²) in [5.74, 6) is -3.23. The summed E-state index contributed by atoms with van der Waals surface area (Å²) in [4.78, 5) is 51.8. The second-order valence-electron chi connectivity index (χ2n) is 7.49. The number of hydrogen-bond donors (Lipinski definition) is 3. The Kier molecular flexibility index (Phi) is 8.74. The van der Waals surface area contributed by atoms with Gasteiger partial charge in [0.05, 0.1) is 19.4 Å². The molecular weight excluding hydrogens is 505 g/mol. The van der Waals surface area contributed by atoms with Gasteiger partial charge in [-0.2, -0.15) is 4.37 Å². The maximum atomic E-state index is 13.8. The van der Waals surface area contributed by atoms with E-state index in [0.29, 0.717) is 22.8 Å². The Labute approximate surface area is 215 Å². The minimum Gasteiger partial charge on any atom is -0.497 e. The minimum absolute atomic E-state index is 0.115. The van der Waals surface area contributed by atoms with Crippen LogP contribution in [0, 0.1) is 5.82 Å². The summed E-state index contributed by atoms with van der Waals surface area (Å²) in [6.45, 7) is 1.28. The monoisotopic (exact) mass is 529 g/mol. The Balaban J connectivity index is 2.15. The first-order chi connectivity index (χ1) is 17.7. The summed E-state index contributed by atoms with van der Waals surface area (Å²) in [6, 6.07) is 9.75. The zero-order valence-corrected chi connectivity index (χ0v) is 20.7. The van der Waals surface area contributed by atoms with Crippen LogP contribution in [0.15, 0.2) is 48.5 Å². The van der Waals surface area contributed by atoms with Crippen LogP contribution in [0.4, 0.5) is 15.8 Å². The lowest BCUT2D eigenvalue weighted by Crippen LogP contribution is -2.45. The van der Waals surface area contributed by atoms with E-state index in [9.17, 15) is 23.6 Å². The molecule has 0 bridgehead atoms. The molecule has 11 nitrogen and oxygen atoms in total. The van der Waals surface area contributed by atoms with E-state index in [-0.39, 0.29) is 28.6 Å². The van der Waals surface area contributed by atoms with Gasteiger partial charge in [0.25, 0.3) is 11.8 Å². The van der Waals surface area contributed by atoms with E-state index in [4.69, 9.17) is 20.9 Å². The number of nitrogens with two attached hydrogens (primary N) is 2. The van der Waals surface area contributed by atoms with Crippen LogP contribution in [0.3, 0.4) is 0 Å². The Bertz CT molecular complexity index is 1300. The molecule has 0 saturated carbocycles. The van der Waals surface area contributed by atoms with Gasteiger partial charge in [-0.1, -0.05) is 12.1 Å². The quantitative estimate of drug-likeness (QED) is 0.335. The second-order valence-corrected chi connectivity index (χ2v) is 8.26. The maximum absolute atomic E-state index is 13.8. The van der Waals surface area contributed by atoms with Gasteiger partial charge in [0.1, 0.15) is 29.0 Å². The third-order valence-corrected chi connectivity index (χ3v) is 5.98. The van der Waals surface area contributed by atoms with E-state index >= 15 is 0 Å². The molecule has 0 unspecified atom stereocenters. The molecule has 0 radical (unpaired) electrons. The number of carbonyl (C=O) groups is 4. The number of rotatable bonds is 10. The highest BCUT2D eigenvalue weighted by molar-refractivity contribution is 7.09. The van der Waals surface area contributed by atoms with E-state index in [1.54, 1.807) is 31.2 Å². The molecule has 0 aliphatic carbocycles. The number of ether oxygens (including phenoxy) is 2. The number of primary amides is 1. The predicted octanol–water partition coefficient (Wildman–Crippen LogP) is 2.04. The molecule has 3 rings (SSSR count). The molecule has 1 heterocycles. The number of aromatic nitrogens is 1. The number of nitrogen functional groups attached to an aromatic ring is 1. The first-order valence-corrected chi connectivity index (χ1v) is 11.7. The van der Waals surface area contributed by atoms with Crippen molar-refractivity contribution in [1.82, 2.24) is 9.69 Å². The van der Waals surface area contributed by atoms with Crippen molar-refractivity contribution in [2.75, 3.05) is 30.9 Å². The summed E-state index contributed by atoms with van der Waals surface area (Å²) in [5.41, 5.74) is 11.2. The molecule has 0 saturated heterocycles. The van der Waals surface area contributed by atoms with Gasteiger partial charge in [0.2, 0.25) is 5.91 Å². The molecular formula is C24H24FN5O6S. The molecule has 3 amide bonds. The lowest BCUT2D eigenvalue weighted by molar-refractivity contribution is -0.143. The van der Waals surface area contributed by atoms with Crippen LogP contribution in [0.5, 0.6) is 5.75 Å². The summed E-state index contributed by atoms with van der Waals surface area (Å²) in [6.07, 6.45) is 0. The zero-order chi connectivity index (χ0) is 27.1. The molecule has 0 fully saturated rings. The van der Waals surface area contributed by atoms with Crippen molar-refractivity contribution >= 4 is 46.6 Å². The van der Waals surface area contributed by atoms with Gasteiger partial charge in [-0.05, 0) is 60.4 Å². The van der Waals surface area contributed by atoms with Crippen LogP contribution in [0.1, 0.15) is 38.7 Å². The number of amides is 3. The van der Waals surface area contributed by atoms with Crippen LogP contribution in [0.2, 0.25) is 0 Å². The molecule has 194 valence electrons. The van der Waals surface area contributed by atoms with Crippen molar-refractivity contribution in [3.05, 3.63) is 70.5 Å². The fourth-order valence-corrected chi connectivity index (χ4v) is 4.14. The molecule has 37 heavy (non-hydrogen) atoms. The predicted molar refractivity (Wildman–Crippen MR) is 134 cm³/mol. The van der Waals surface area contributed by atoms with E-state index in [2.05, 4.69) is 9.69 Å². The van der Waals surface area contributed by atoms with Crippen LogP contribution >= 0.6 is 11.5 Å². The third-order valence-electron chi connectivity index (χ3n) is 5.13. The van der Waals surface area contributed by atoms with Crippen molar-refractivity contribution in [1.29, 1.82) is 0 Å². The average molecular weight is 530 g/mol. The molecule has 5 N–H and O–H groups in total. The summed E-state index contributed by atoms with van der Waals surface area (Å²) in [5, 5.41) is 2.47. The van der Waals surface area contributed by atoms with Gasteiger partial charge in [0, 0.05) is 5.69 Å². The lowest BCUT2D eigenvalue weighted by atomic mass is 10.0.